The van der Waals surface area contributed by atoms with E-state index in [9.17, 15) is 0 Å². The van der Waals surface area contributed by atoms with Gasteiger partial charge in [-0.2, -0.15) is 0 Å². The van der Waals surface area contributed by atoms with Crippen molar-refractivity contribution in [2.24, 2.45) is 17.8 Å². The Kier molecular flexibility index (Phi) is 1.16. The number of rotatable bonds is 1. The Bertz CT molecular complexity index is 180. The summed E-state index contributed by atoms with van der Waals surface area (Å²) in [6.45, 7) is 1.26. The summed E-state index contributed by atoms with van der Waals surface area (Å²) in [4.78, 5) is 0. The van der Waals surface area contributed by atoms with Gasteiger partial charge in [0.1, 0.15) is 0 Å². The summed E-state index contributed by atoms with van der Waals surface area (Å²) in [5, 5.41) is 3.59. The second-order valence-electron chi connectivity index (χ2n) is 4.29. The van der Waals surface area contributed by atoms with Crippen LogP contribution in [0.1, 0.15) is 12.8 Å². The molecule has 1 N–H and O–H groups in total. The molecule has 0 radical (unpaired) electrons. The highest BCUT2D eigenvalue weighted by Crippen LogP contribution is 2.52. The molecule has 3 aliphatic rings. The number of ether oxygens (including phenoxy) is 1. The molecule has 0 amide bonds. The summed E-state index contributed by atoms with van der Waals surface area (Å²) >= 11 is 0. The zero-order chi connectivity index (χ0) is 7.42. The first-order chi connectivity index (χ1) is 5.40. The van der Waals surface area contributed by atoms with Gasteiger partial charge in [0.25, 0.3) is 0 Å². The van der Waals surface area contributed by atoms with Crippen molar-refractivity contribution in [3.05, 3.63) is 0 Å². The number of fused-ring (bicyclic) bond motifs is 1. The smallest absolute Gasteiger partial charge is 0.0755 e. The van der Waals surface area contributed by atoms with Crippen LogP contribution in [0, 0.1) is 17.8 Å². The van der Waals surface area contributed by atoms with E-state index in [4.69, 9.17) is 4.74 Å². The van der Waals surface area contributed by atoms with Crippen molar-refractivity contribution in [2.75, 3.05) is 13.7 Å². The molecule has 1 saturated heterocycles. The summed E-state index contributed by atoms with van der Waals surface area (Å²) < 4.78 is 5.51. The van der Waals surface area contributed by atoms with E-state index in [1.807, 2.05) is 7.11 Å². The van der Waals surface area contributed by atoms with Gasteiger partial charge in [0, 0.05) is 13.2 Å². The minimum absolute atomic E-state index is 0.541. The minimum Gasteiger partial charge on any atom is -0.380 e. The van der Waals surface area contributed by atoms with Crippen molar-refractivity contribution < 1.29 is 4.74 Å². The highest BCUT2D eigenvalue weighted by Gasteiger charge is 2.56. The Labute approximate surface area is 67.3 Å². The van der Waals surface area contributed by atoms with E-state index in [1.54, 1.807) is 0 Å². The number of nitrogens with one attached hydrogen (secondary N) is 1. The van der Waals surface area contributed by atoms with Crippen LogP contribution in [0.2, 0.25) is 0 Å². The zero-order valence-electron chi connectivity index (χ0n) is 6.92. The van der Waals surface area contributed by atoms with Crippen LogP contribution in [0.4, 0.5) is 0 Å². The molecule has 11 heavy (non-hydrogen) atoms. The van der Waals surface area contributed by atoms with Crippen LogP contribution in [0.5, 0.6) is 0 Å². The van der Waals surface area contributed by atoms with E-state index in [0.717, 1.165) is 17.8 Å². The highest BCUT2D eigenvalue weighted by atomic mass is 16.5. The van der Waals surface area contributed by atoms with Gasteiger partial charge in [-0.15, -0.1) is 0 Å². The molecular formula is C9H15NO. The SMILES string of the molecule is CO[C@@H]1[C@H]2C[C@@H]3CN[C@H]1[C@H]3C2. The lowest BCUT2D eigenvalue weighted by atomic mass is 9.88. The third-order valence-corrected chi connectivity index (χ3v) is 3.95. The first kappa shape index (κ1) is 6.44. The average molecular weight is 153 g/mol. The molecule has 1 heterocycles. The summed E-state index contributed by atoms with van der Waals surface area (Å²) in [5.74, 6) is 2.84. The van der Waals surface area contributed by atoms with Gasteiger partial charge in [-0.1, -0.05) is 0 Å². The molecule has 2 aliphatic carbocycles. The Morgan fingerprint density at radius 3 is 3.00 bits per heavy atom. The van der Waals surface area contributed by atoms with E-state index >= 15 is 0 Å². The molecule has 1 aliphatic heterocycles. The molecule has 5 atom stereocenters. The van der Waals surface area contributed by atoms with Crippen LogP contribution >= 0.6 is 0 Å². The van der Waals surface area contributed by atoms with Crippen LogP contribution in [0.3, 0.4) is 0 Å². The highest BCUT2D eigenvalue weighted by molar-refractivity contribution is 5.09. The molecule has 2 bridgehead atoms. The predicted octanol–water partition coefficient (Wildman–Crippen LogP) is 0.629. The van der Waals surface area contributed by atoms with Crippen molar-refractivity contribution in [1.29, 1.82) is 0 Å². The van der Waals surface area contributed by atoms with Gasteiger partial charge >= 0.3 is 0 Å². The van der Waals surface area contributed by atoms with E-state index < -0.39 is 0 Å². The topological polar surface area (TPSA) is 21.3 Å². The monoisotopic (exact) mass is 153 g/mol. The molecule has 62 valence electrons. The summed E-state index contributed by atoms with van der Waals surface area (Å²) in [6.07, 6.45) is 3.40. The van der Waals surface area contributed by atoms with Crippen LogP contribution in [0.25, 0.3) is 0 Å². The molecule has 3 fully saturated rings. The molecular weight excluding hydrogens is 138 g/mol. The van der Waals surface area contributed by atoms with Gasteiger partial charge in [-0.25, -0.2) is 0 Å². The summed E-state index contributed by atoms with van der Waals surface area (Å²) in [5.41, 5.74) is 0. The maximum absolute atomic E-state index is 5.51. The fraction of sp³-hybridized carbons (Fsp3) is 1.00. The average Bonchev–Trinajstić information content (AvgIpc) is 2.55. The molecule has 0 spiro atoms. The third kappa shape index (κ3) is 0.651. The first-order valence-corrected chi connectivity index (χ1v) is 4.66. The predicted molar refractivity (Wildman–Crippen MR) is 42.3 cm³/mol. The quantitative estimate of drug-likeness (QED) is 0.596. The van der Waals surface area contributed by atoms with Gasteiger partial charge in [0.15, 0.2) is 0 Å². The van der Waals surface area contributed by atoms with Crippen molar-refractivity contribution in [2.45, 2.75) is 25.0 Å². The molecule has 0 aromatic carbocycles. The van der Waals surface area contributed by atoms with Gasteiger partial charge < -0.3 is 10.1 Å². The lowest BCUT2D eigenvalue weighted by Crippen LogP contribution is -2.38. The molecule has 3 rings (SSSR count). The van der Waals surface area contributed by atoms with Crippen molar-refractivity contribution >= 4 is 0 Å². The number of methoxy groups -OCH3 is 1. The Morgan fingerprint density at radius 2 is 2.18 bits per heavy atom. The molecule has 0 aromatic heterocycles. The largest absolute Gasteiger partial charge is 0.380 e. The maximum Gasteiger partial charge on any atom is 0.0755 e. The fourth-order valence-electron chi connectivity index (χ4n) is 3.58. The Balaban J connectivity index is 1.92. The second-order valence-corrected chi connectivity index (χ2v) is 4.29. The van der Waals surface area contributed by atoms with E-state index in [1.165, 1.54) is 19.4 Å². The summed E-state index contributed by atoms with van der Waals surface area (Å²) in [7, 11) is 1.86. The third-order valence-electron chi connectivity index (χ3n) is 3.95. The lowest BCUT2D eigenvalue weighted by molar-refractivity contribution is 0.0401. The number of hydrogen-bond acceptors (Lipinski definition) is 2. The Hall–Kier alpha value is -0.0800. The van der Waals surface area contributed by atoms with Crippen LogP contribution in [-0.4, -0.2) is 25.8 Å². The van der Waals surface area contributed by atoms with E-state index in [2.05, 4.69) is 5.32 Å². The van der Waals surface area contributed by atoms with Gasteiger partial charge in [0.05, 0.1) is 6.10 Å². The second kappa shape index (κ2) is 1.99. The van der Waals surface area contributed by atoms with Crippen molar-refractivity contribution in [1.82, 2.24) is 5.32 Å². The van der Waals surface area contributed by atoms with Gasteiger partial charge in [0.2, 0.25) is 0 Å². The Morgan fingerprint density at radius 1 is 1.27 bits per heavy atom. The molecule has 0 aromatic rings. The van der Waals surface area contributed by atoms with Crippen molar-refractivity contribution in [3.63, 3.8) is 0 Å². The van der Waals surface area contributed by atoms with E-state index in [0.29, 0.717) is 12.1 Å². The zero-order valence-corrected chi connectivity index (χ0v) is 6.92. The summed E-state index contributed by atoms with van der Waals surface area (Å²) in [6, 6.07) is 0.712. The van der Waals surface area contributed by atoms with Crippen molar-refractivity contribution in [3.8, 4) is 0 Å². The standard InChI is InChI=1S/C9H15NO/c1-11-9-5-2-6-4-10-8(9)7(6)3-5/h5-10H,2-4H2,1H3/t5-,6+,7-,8-,9+/m0/s1. The maximum atomic E-state index is 5.51. The molecule has 2 nitrogen and oxygen atoms in total. The van der Waals surface area contributed by atoms with Gasteiger partial charge in [-0.3, -0.25) is 0 Å². The lowest BCUT2D eigenvalue weighted by Gasteiger charge is -2.26. The molecule has 2 saturated carbocycles. The van der Waals surface area contributed by atoms with Crippen LogP contribution in [0.15, 0.2) is 0 Å². The molecule has 2 heteroatoms. The van der Waals surface area contributed by atoms with Crippen LogP contribution < -0.4 is 5.32 Å². The van der Waals surface area contributed by atoms with E-state index in [-0.39, 0.29) is 0 Å². The first-order valence-electron chi connectivity index (χ1n) is 4.66. The van der Waals surface area contributed by atoms with Crippen LogP contribution in [-0.2, 0) is 4.74 Å². The minimum atomic E-state index is 0.541. The number of hydrogen-bond donors (Lipinski definition) is 1. The normalized spacial score (nSPS) is 59.2. The molecule has 0 unspecified atom stereocenters. The van der Waals surface area contributed by atoms with Gasteiger partial charge in [-0.05, 0) is 37.1 Å². The fourth-order valence-corrected chi connectivity index (χ4v) is 3.58.